The van der Waals surface area contributed by atoms with Crippen LogP contribution in [0.3, 0.4) is 0 Å². The molecule has 0 atom stereocenters. The van der Waals surface area contributed by atoms with Gasteiger partial charge in [0.2, 0.25) is 0 Å². The molecule has 0 saturated heterocycles. The van der Waals surface area contributed by atoms with E-state index in [1.54, 1.807) is 12.3 Å². The summed E-state index contributed by atoms with van der Waals surface area (Å²) in [7, 11) is 0. The van der Waals surface area contributed by atoms with Gasteiger partial charge in [-0.3, -0.25) is 0 Å². The first kappa shape index (κ1) is 10.8. The molecule has 2 aromatic heterocycles. The van der Waals surface area contributed by atoms with Crippen LogP contribution >= 0.6 is 0 Å². The van der Waals surface area contributed by atoms with Crippen LogP contribution in [0.25, 0.3) is 5.52 Å². The molecule has 0 saturated carbocycles. The molecule has 0 amide bonds. The molecule has 0 fully saturated rings. The average molecular weight is 241 g/mol. The number of rotatable bonds is 2. The quantitative estimate of drug-likeness (QED) is 0.749. The van der Waals surface area contributed by atoms with Crippen LogP contribution in [0.4, 0.5) is 10.1 Å². The van der Waals surface area contributed by atoms with Crippen molar-refractivity contribution in [2.24, 2.45) is 0 Å². The Hall–Kier alpha value is -2.36. The Bertz CT molecular complexity index is 703. The van der Waals surface area contributed by atoms with E-state index in [1.165, 1.54) is 12.1 Å². The normalized spacial score (nSPS) is 10.9. The summed E-state index contributed by atoms with van der Waals surface area (Å²) < 4.78 is 15.1. The maximum Gasteiger partial charge on any atom is 0.123 e. The molecule has 0 aliphatic carbocycles. The Morgan fingerprint density at radius 1 is 1.22 bits per heavy atom. The Morgan fingerprint density at radius 3 is 2.94 bits per heavy atom. The fraction of sp³-hybridized carbons (Fsp3) is 0.0714. The highest BCUT2D eigenvalue weighted by Gasteiger charge is 2.05. The lowest BCUT2D eigenvalue weighted by Gasteiger charge is -2.03. The molecule has 4 heteroatoms. The second kappa shape index (κ2) is 4.14. The molecule has 18 heavy (non-hydrogen) atoms. The van der Waals surface area contributed by atoms with Crippen LogP contribution < -0.4 is 5.73 Å². The third-order valence-corrected chi connectivity index (χ3v) is 2.88. The number of nitrogens with two attached hydrogens (primary N) is 1. The molecule has 1 aromatic carbocycles. The van der Waals surface area contributed by atoms with Crippen LogP contribution in [-0.2, 0) is 6.42 Å². The Labute approximate surface area is 104 Å². The predicted molar refractivity (Wildman–Crippen MR) is 68.8 cm³/mol. The third kappa shape index (κ3) is 1.93. The number of fused-ring (bicyclic) bond motifs is 1. The average Bonchev–Trinajstić information content (AvgIpc) is 2.72. The van der Waals surface area contributed by atoms with E-state index in [4.69, 9.17) is 5.73 Å². The lowest BCUT2D eigenvalue weighted by Crippen LogP contribution is -1.98. The standard InChI is InChI=1S/C14H12FN3/c15-11-3-1-2-10(6-11)7-14-17-8-13-5-4-12(16)9-18(13)14/h1-6,8-9H,7,16H2. The van der Waals surface area contributed by atoms with Crippen molar-refractivity contribution in [3.05, 3.63) is 66.0 Å². The van der Waals surface area contributed by atoms with Crippen LogP contribution in [0.2, 0.25) is 0 Å². The molecule has 0 bridgehead atoms. The summed E-state index contributed by atoms with van der Waals surface area (Å²) in [6.07, 6.45) is 4.19. The summed E-state index contributed by atoms with van der Waals surface area (Å²) in [5, 5.41) is 0. The molecule has 2 heterocycles. The van der Waals surface area contributed by atoms with Crippen molar-refractivity contribution in [2.75, 3.05) is 5.73 Å². The molecule has 0 unspecified atom stereocenters. The van der Waals surface area contributed by atoms with Gasteiger partial charge in [-0.15, -0.1) is 0 Å². The molecule has 3 aromatic rings. The van der Waals surface area contributed by atoms with Crippen LogP contribution in [0.1, 0.15) is 11.4 Å². The monoisotopic (exact) mass is 241 g/mol. The van der Waals surface area contributed by atoms with E-state index in [0.717, 1.165) is 16.9 Å². The lowest BCUT2D eigenvalue weighted by atomic mass is 10.1. The van der Waals surface area contributed by atoms with Crippen molar-refractivity contribution >= 4 is 11.2 Å². The molecule has 0 aliphatic rings. The summed E-state index contributed by atoms with van der Waals surface area (Å²) in [4.78, 5) is 4.35. The number of nitrogen functional groups attached to an aromatic ring is 1. The van der Waals surface area contributed by atoms with E-state index in [-0.39, 0.29) is 5.82 Å². The maximum absolute atomic E-state index is 13.1. The molecule has 3 rings (SSSR count). The van der Waals surface area contributed by atoms with Gasteiger partial charge < -0.3 is 10.1 Å². The lowest BCUT2D eigenvalue weighted by molar-refractivity contribution is 0.625. The van der Waals surface area contributed by atoms with Gasteiger partial charge in [-0.2, -0.15) is 0 Å². The van der Waals surface area contributed by atoms with E-state index < -0.39 is 0 Å². The van der Waals surface area contributed by atoms with Crippen molar-refractivity contribution in [3.8, 4) is 0 Å². The molecule has 0 spiro atoms. The van der Waals surface area contributed by atoms with Crippen molar-refractivity contribution < 1.29 is 4.39 Å². The second-order valence-corrected chi connectivity index (χ2v) is 4.24. The minimum absolute atomic E-state index is 0.229. The first-order chi connectivity index (χ1) is 8.72. The molecular weight excluding hydrogens is 229 g/mol. The molecule has 0 radical (unpaired) electrons. The van der Waals surface area contributed by atoms with Gasteiger partial charge in [0.1, 0.15) is 11.6 Å². The Balaban J connectivity index is 2.02. The van der Waals surface area contributed by atoms with Gasteiger partial charge in [0.15, 0.2) is 0 Å². The summed E-state index contributed by atoms with van der Waals surface area (Å²) in [6, 6.07) is 10.3. The van der Waals surface area contributed by atoms with Gasteiger partial charge in [0.25, 0.3) is 0 Å². The highest BCUT2D eigenvalue weighted by Crippen LogP contribution is 2.14. The molecule has 3 nitrogen and oxygen atoms in total. The van der Waals surface area contributed by atoms with Gasteiger partial charge in [0, 0.05) is 18.3 Å². The number of pyridine rings is 1. The highest BCUT2D eigenvalue weighted by atomic mass is 19.1. The van der Waals surface area contributed by atoms with Gasteiger partial charge in [-0.25, -0.2) is 9.37 Å². The Morgan fingerprint density at radius 2 is 2.11 bits per heavy atom. The van der Waals surface area contributed by atoms with Crippen molar-refractivity contribution in [2.45, 2.75) is 6.42 Å². The zero-order chi connectivity index (χ0) is 12.5. The summed E-state index contributed by atoms with van der Waals surface area (Å²) in [5.41, 5.74) is 8.32. The van der Waals surface area contributed by atoms with E-state index in [2.05, 4.69) is 4.98 Å². The Kier molecular flexibility index (Phi) is 2.48. The van der Waals surface area contributed by atoms with Gasteiger partial charge >= 0.3 is 0 Å². The number of halogens is 1. The van der Waals surface area contributed by atoms with Crippen molar-refractivity contribution in [1.82, 2.24) is 9.38 Å². The van der Waals surface area contributed by atoms with E-state index >= 15 is 0 Å². The molecule has 2 N–H and O–H groups in total. The van der Waals surface area contributed by atoms with Crippen LogP contribution in [0.5, 0.6) is 0 Å². The largest absolute Gasteiger partial charge is 0.398 e. The second-order valence-electron chi connectivity index (χ2n) is 4.24. The predicted octanol–water partition coefficient (Wildman–Crippen LogP) is 2.65. The van der Waals surface area contributed by atoms with Crippen molar-refractivity contribution in [3.63, 3.8) is 0 Å². The number of hydrogen-bond acceptors (Lipinski definition) is 2. The molecular formula is C14H12FN3. The fourth-order valence-electron chi connectivity index (χ4n) is 2.02. The fourth-order valence-corrected chi connectivity index (χ4v) is 2.02. The number of imidazole rings is 1. The van der Waals surface area contributed by atoms with E-state index in [1.807, 2.05) is 28.8 Å². The van der Waals surface area contributed by atoms with Crippen molar-refractivity contribution in [1.29, 1.82) is 0 Å². The highest BCUT2D eigenvalue weighted by molar-refractivity contribution is 5.52. The van der Waals surface area contributed by atoms with Gasteiger partial charge in [-0.1, -0.05) is 12.1 Å². The first-order valence-electron chi connectivity index (χ1n) is 5.68. The number of aromatic nitrogens is 2. The number of nitrogens with zero attached hydrogens (tertiary/aromatic N) is 2. The maximum atomic E-state index is 13.1. The topological polar surface area (TPSA) is 43.3 Å². The SMILES string of the molecule is Nc1ccc2cnc(Cc3cccc(F)c3)n2c1. The van der Waals surface area contributed by atoms with Crippen LogP contribution in [-0.4, -0.2) is 9.38 Å². The molecule has 0 aliphatic heterocycles. The minimum Gasteiger partial charge on any atom is -0.398 e. The zero-order valence-electron chi connectivity index (χ0n) is 9.68. The summed E-state index contributed by atoms with van der Waals surface area (Å²) >= 11 is 0. The number of benzene rings is 1. The summed E-state index contributed by atoms with van der Waals surface area (Å²) in [5.74, 6) is 0.621. The van der Waals surface area contributed by atoms with Gasteiger partial charge in [0.05, 0.1) is 11.7 Å². The summed E-state index contributed by atoms with van der Waals surface area (Å²) in [6.45, 7) is 0. The first-order valence-corrected chi connectivity index (χ1v) is 5.68. The smallest absolute Gasteiger partial charge is 0.123 e. The third-order valence-electron chi connectivity index (χ3n) is 2.88. The van der Waals surface area contributed by atoms with Gasteiger partial charge in [-0.05, 0) is 29.8 Å². The zero-order valence-corrected chi connectivity index (χ0v) is 9.68. The van der Waals surface area contributed by atoms with E-state index in [9.17, 15) is 4.39 Å². The van der Waals surface area contributed by atoms with E-state index in [0.29, 0.717) is 12.1 Å². The van der Waals surface area contributed by atoms with Crippen LogP contribution in [0, 0.1) is 5.82 Å². The van der Waals surface area contributed by atoms with Crippen LogP contribution in [0.15, 0.2) is 48.8 Å². The number of hydrogen-bond donors (Lipinski definition) is 1. The molecule has 90 valence electrons. The number of anilines is 1. The minimum atomic E-state index is -0.229.